The number of benzene rings is 1. The molecule has 0 aromatic heterocycles. The van der Waals surface area contributed by atoms with Crippen molar-refractivity contribution in [3.8, 4) is 0 Å². The van der Waals surface area contributed by atoms with E-state index in [1.165, 1.54) is 13.0 Å². The number of nitrogens with one attached hydrogen (secondary N) is 1. The Hall–Kier alpha value is -1.95. The Kier molecular flexibility index (Phi) is 6.73. The Balaban J connectivity index is 1.83. The van der Waals surface area contributed by atoms with Crippen molar-refractivity contribution in [1.29, 1.82) is 0 Å². The highest BCUT2D eigenvalue weighted by atomic mass is 19.1. The minimum absolute atomic E-state index is 0.0578. The lowest BCUT2D eigenvalue weighted by Crippen LogP contribution is -2.50. The molecule has 2 amide bonds. The van der Waals surface area contributed by atoms with Crippen molar-refractivity contribution < 1.29 is 18.7 Å². The largest absolute Gasteiger partial charge is 0.373 e. The Labute approximate surface area is 142 Å². The van der Waals surface area contributed by atoms with E-state index in [1.807, 2.05) is 6.92 Å². The number of hydrogen-bond donors (Lipinski definition) is 1. The molecule has 0 radical (unpaired) electrons. The van der Waals surface area contributed by atoms with Crippen LogP contribution in [0.15, 0.2) is 24.3 Å². The molecule has 0 spiro atoms. The Morgan fingerprint density at radius 2 is 2.17 bits per heavy atom. The van der Waals surface area contributed by atoms with Crippen LogP contribution in [0.3, 0.4) is 0 Å². The summed E-state index contributed by atoms with van der Waals surface area (Å²) >= 11 is 0. The smallest absolute Gasteiger partial charge is 0.225 e. The Morgan fingerprint density at radius 1 is 1.42 bits per heavy atom. The first-order valence-electron chi connectivity index (χ1n) is 8.35. The molecular formula is C18H25FN2O3. The summed E-state index contributed by atoms with van der Waals surface area (Å²) in [4.78, 5) is 25.3. The van der Waals surface area contributed by atoms with E-state index in [0.29, 0.717) is 44.6 Å². The van der Waals surface area contributed by atoms with Gasteiger partial charge < -0.3 is 15.0 Å². The number of nitrogens with zero attached hydrogens (tertiary/aromatic N) is 1. The third-order valence-electron chi connectivity index (χ3n) is 4.26. The van der Waals surface area contributed by atoms with Crippen LogP contribution >= 0.6 is 0 Å². The van der Waals surface area contributed by atoms with Crippen LogP contribution in [0, 0.1) is 11.7 Å². The van der Waals surface area contributed by atoms with Gasteiger partial charge in [-0.1, -0.05) is 25.1 Å². The second kappa shape index (κ2) is 8.78. The van der Waals surface area contributed by atoms with Gasteiger partial charge in [-0.15, -0.1) is 0 Å². The standard InChI is InChI=1S/C18H25FN2O3/c1-13(7-8-15-5-3-4-6-17(15)19)18(23)21-9-10-24-16(12-21)11-20-14(2)22/h3-6,13,16H,7-12H2,1-2H3,(H,20,22)/t13-,16+/m0/s1. The zero-order valence-corrected chi connectivity index (χ0v) is 14.3. The van der Waals surface area contributed by atoms with E-state index in [1.54, 1.807) is 23.1 Å². The molecule has 1 aromatic rings. The minimum Gasteiger partial charge on any atom is -0.373 e. The molecule has 6 heteroatoms. The van der Waals surface area contributed by atoms with E-state index in [-0.39, 0.29) is 29.7 Å². The number of carbonyl (C=O) groups is 2. The van der Waals surface area contributed by atoms with Gasteiger partial charge in [-0.3, -0.25) is 9.59 Å². The first-order chi connectivity index (χ1) is 11.5. The van der Waals surface area contributed by atoms with Crippen molar-refractivity contribution in [1.82, 2.24) is 10.2 Å². The van der Waals surface area contributed by atoms with Gasteiger partial charge in [0.1, 0.15) is 5.82 Å². The fraction of sp³-hybridized carbons (Fsp3) is 0.556. The molecule has 1 heterocycles. The van der Waals surface area contributed by atoms with Crippen molar-refractivity contribution in [2.24, 2.45) is 5.92 Å². The fourth-order valence-electron chi connectivity index (χ4n) is 2.81. The lowest BCUT2D eigenvalue weighted by atomic mass is 9.99. The quantitative estimate of drug-likeness (QED) is 0.861. The Bertz CT molecular complexity index is 579. The highest BCUT2D eigenvalue weighted by Gasteiger charge is 2.27. The first kappa shape index (κ1) is 18.4. The number of hydrogen-bond acceptors (Lipinski definition) is 3. The third-order valence-corrected chi connectivity index (χ3v) is 4.26. The molecule has 0 unspecified atom stereocenters. The average molecular weight is 336 g/mol. The summed E-state index contributed by atoms with van der Waals surface area (Å²) in [5, 5.41) is 2.71. The predicted octanol–water partition coefficient (Wildman–Crippen LogP) is 1.76. The molecule has 2 rings (SSSR count). The SMILES string of the molecule is CC(=O)NC[C@@H]1CN(C(=O)[C@@H](C)CCc2ccccc2F)CCO1. The number of morpholine rings is 1. The van der Waals surface area contributed by atoms with Crippen molar-refractivity contribution in [2.75, 3.05) is 26.2 Å². The Morgan fingerprint density at radius 3 is 2.88 bits per heavy atom. The number of rotatable bonds is 6. The molecule has 1 saturated heterocycles. The van der Waals surface area contributed by atoms with Crippen LogP contribution in [0.2, 0.25) is 0 Å². The maximum atomic E-state index is 13.7. The first-order valence-corrected chi connectivity index (χ1v) is 8.35. The van der Waals surface area contributed by atoms with Gasteiger partial charge in [0, 0.05) is 32.5 Å². The molecule has 1 fully saturated rings. The molecule has 1 aliphatic rings. The van der Waals surface area contributed by atoms with E-state index in [4.69, 9.17) is 4.74 Å². The number of carbonyl (C=O) groups excluding carboxylic acids is 2. The molecule has 1 aromatic carbocycles. The van der Waals surface area contributed by atoms with Crippen LogP contribution < -0.4 is 5.32 Å². The number of amides is 2. The van der Waals surface area contributed by atoms with Crippen LogP contribution in [0.1, 0.15) is 25.8 Å². The van der Waals surface area contributed by atoms with E-state index in [2.05, 4.69) is 5.32 Å². The fourth-order valence-corrected chi connectivity index (χ4v) is 2.81. The predicted molar refractivity (Wildman–Crippen MR) is 88.9 cm³/mol. The van der Waals surface area contributed by atoms with E-state index in [0.717, 1.165) is 0 Å². The normalized spacial score (nSPS) is 19.0. The molecule has 0 aliphatic carbocycles. The van der Waals surface area contributed by atoms with Gasteiger partial charge >= 0.3 is 0 Å². The summed E-state index contributed by atoms with van der Waals surface area (Å²) in [6.07, 6.45) is 0.970. The van der Waals surface area contributed by atoms with Gasteiger partial charge in [-0.25, -0.2) is 4.39 Å². The summed E-state index contributed by atoms with van der Waals surface area (Å²) in [7, 11) is 0. The minimum atomic E-state index is -0.223. The molecule has 0 bridgehead atoms. The molecule has 2 atom stereocenters. The van der Waals surface area contributed by atoms with E-state index in [9.17, 15) is 14.0 Å². The highest BCUT2D eigenvalue weighted by Crippen LogP contribution is 2.16. The summed E-state index contributed by atoms with van der Waals surface area (Å²) in [5.74, 6) is -0.453. The van der Waals surface area contributed by atoms with Crippen LogP contribution in [0.4, 0.5) is 4.39 Å². The lowest BCUT2D eigenvalue weighted by Gasteiger charge is -2.34. The zero-order chi connectivity index (χ0) is 17.5. The molecule has 0 saturated carbocycles. The lowest BCUT2D eigenvalue weighted by molar-refractivity contribution is -0.142. The number of ether oxygens (including phenoxy) is 1. The van der Waals surface area contributed by atoms with E-state index < -0.39 is 0 Å². The van der Waals surface area contributed by atoms with E-state index >= 15 is 0 Å². The summed E-state index contributed by atoms with van der Waals surface area (Å²) in [6.45, 7) is 5.24. The van der Waals surface area contributed by atoms with Crippen molar-refractivity contribution in [3.05, 3.63) is 35.6 Å². The second-order valence-electron chi connectivity index (χ2n) is 6.25. The van der Waals surface area contributed by atoms with Crippen LogP contribution in [0.25, 0.3) is 0 Å². The van der Waals surface area contributed by atoms with Crippen LogP contribution in [-0.2, 0) is 20.7 Å². The van der Waals surface area contributed by atoms with Crippen molar-refractivity contribution in [3.63, 3.8) is 0 Å². The van der Waals surface area contributed by atoms with Crippen LogP contribution in [-0.4, -0.2) is 49.1 Å². The number of halogens is 1. The van der Waals surface area contributed by atoms with Crippen molar-refractivity contribution in [2.45, 2.75) is 32.8 Å². The molecule has 132 valence electrons. The molecule has 5 nitrogen and oxygen atoms in total. The summed E-state index contributed by atoms with van der Waals surface area (Å²) < 4.78 is 19.2. The van der Waals surface area contributed by atoms with Gasteiger partial charge in [0.2, 0.25) is 11.8 Å². The molecule has 1 aliphatic heterocycles. The van der Waals surface area contributed by atoms with Crippen molar-refractivity contribution >= 4 is 11.8 Å². The monoisotopic (exact) mass is 336 g/mol. The summed E-state index contributed by atoms with van der Waals surface area (Å²) in [5.41, 5.74) is 0.641. The molecule has 1 N–H and O–H groups in total. The maximum absolute atomic E-state index is 13.7. The number of aryl methyl sites for hydroxylation is 1. The second-order valence-corrected chi connectivity index (χ2v) is 6.25. The molecular weight excluding hydrogens is 311 g/mol. The average Bonchev–Trinajstić information content (AvgIpc) is 2.58. The van der Waals surface area contributed by atoms with Gasteiger partial charge in [0.15, 0.2) is 0 Å². The van der Waals surface area contributed by atoms with Gasteiger partial charge in [-0.2, -0.15) is 0 Å². The highest BCUT2D eigenvalue weighted by molar-refractivity contribution is 5.78. The van der Waals surface area contributed by atoms with Gasteiger partial charge in [-0.05, 0) is 24.5 Å². The van der Waals surface area contributed by atoms with Gasteiger partial charge in [0.25, 0.3) is 0 Å². The summed E-state index contributed by atoms with van der Waals surface area (Å²) in [6, 6.07) is 6.66. The topological polar surface area (TPSA) is 58.6 Å². The third kappa shape index (κ3) is 5.30. The maximum Gasteiger partial charge on any atom is 0.225 e. The van der Waals surface area contributed by atoms with Crippen LogP contribution in [0.5, 0.6) is 0 Å². The zero-order valence-electron chi connectivity index (χ0n) is 14.3. The van der Waals surface area contributed by atoms with Gasteiger partial charge in [0.05, 0.1) is 12.7 Å². The molecule has 24 heavy (non-hydrogen) atoms.